The van der Waals surface area contributed by atoms with Crippen LogP contribution in [0.5, 0.6) is 0 Å². The van der Waals surface area contributed by atoms with Gasteiger partial charge in [0.25, 0.3) is 5.91 Å². The van der Waals surface area contributed by atoms with E-state index in [1.165, 1.54) is 11.3 Å². The van der Waals surface area contributed by atoms with Crippen LogP contribution < -0.4 is 16.0 Å². The lowest BCUT2D eigenvalue weighted by Gasteiger charge is -2.31. The van der Waals surface area contributed by atoms with Gasteiger partial charge in [0.15, 0.2) is 5.13 Å². The van der Waals surface area contributed by atoms with Crippen molar-refractivity contribution >= 4 is 28.2 Å². The van der Waals surface area contributed by atoms with Gasteiger partial charge in [0, 0.05) is 19.6 Å². The van der Waals surface area contributed by atoms with E-state index in [4.69, 9.17) is 5.73 Å². The lowest BCUT2D eigenvalue weighted by molar-refractivity contribution is 0.0565. The van der Waals surface area contributed by atoms with Crippen molar-refractivity contribution in [2.24, 2.45) is 0 Å². The van der Waals surface area contributed by atoms with Gasteiger partial charge >= 0.3 is 0 Å². The number of carbonyl (C=O) groups is 1. The van der Waals surface area contributed by atoms with Gasteiger partial charge < -0.3 is 21.1 Å². The van der Waals surface area contributed by atoms with E-state index in [0.717, 1.165) is 18.1 Å². The Morgan fingerprint density at radius 1 is 1.63 bits per heavy atom. The first-order valence-corrected chi connectivity index (χ1v) is 7.29. The zero-order valence-electron chi connectivity index (χ0n) is 11.2. The summed E-state index contributed by atoms with van der Waals surface area (Å²) >= 11 is 1.31. The molecule has 0 spiro atoms. The number of rotatable bonds is 5. The third-order valence-corrected chi connectivity index (χ3v) is 4.37. The number of aromatic nitrogens is 1. The average molecular weight is 284 g/mol. The van der Waals surface area contributed by atoms with E-state index in [9.17, 15) is 9.90 Å². The van der Waals surface area contributed by atoms with Gasteiger partial charge in [-0.3, -0.25) is 4.79 Å². The molecule has 1 saturated carbocycles. The summed E-state index contributed by atoms with van der Waals surface area (Å²) in [4.78, 5) is 18.7. The fourth-order valence-corrected chi connectivity index (χ4v) is 2.91. The monoisotopic (exact) mass is 284 g/mol. The van der Waals surface area contributed by atoms with Gasteiger partial charge in [-0.1, -0.05) is 18.3 Å². The molecule has 1 aromatic heterocycles. The molecule has 0 aliphatic heterocycles. The van der Waals surface area contributed by atoms with Crippen LogP contribution in [0.4, 0.5) is 10.9 Å². The predicted molar refractivity (Wildman–Crippen MR) is 76.6 cm³/mol. The smallest absolute Gasteiger partial charge is 0.265 e. The largest absolute Gasteiger partial charge is 0.393 e. The van der Waals surface area contributed by atoms with Crippen LogP contribution in [0.1, 0.15) is 35.9 Å². The highest BCUT2D eigenvalue weighted by Gasteiger charge is 2.30. The van der Waals surface area contributed by atoms with Crippen LogP contribution >= 0.6 is 11.3 Å². The Hall–Kier alpha value is -1.34. The van der Waals surface area contributed by atoms with E-state index in [1.54, 1.807) is 0 Å². The van der Waals surface area contributed by atoms with Gasteiger partial charge in [-0.25, -0.2) is 4.98 Å². The number of nitrogen functional groups attached to an aromatic ring is 1. The van der Waals surface area contributed by atoms with Crippen molar-refractivity contribution in [3.8, 4) is 0 Å². The van der Waals surface area contributed by atoms with Crippen molar-refractivity contribution in [2.45, 2.75) is 38.3 Å². The molecular formula is C12H20N4O2S. The lowest BCUT2D eigenvalue weighted by atomic mass is 9.89. The standard InChI is InChI=1S/C12H20N4O2S/c1-3-4-16(2)12-15-10(13)9(19-12)11(18)14-7-5-8(17)6-7/h7-8,17H,3-6,13H2,1-2H3,(H,14,18). The van der Waals surface area contributed by atoms with E-state index in [1.807, 2.05) is 11.9 Å². The van der Waals surface area contributed by atoms with Crippen LogP contribution in [-0.2, 0) is 0 Å². The molecule has 0 radical (unpaired) electrons. The lowest BCUT2D eigenvalue weighted by Crippen LogP contribution is -2.46. The van der Waals surface area contributed by atoms with Crippen molar-refractivity contribution in [1.29, 1.82) is 0 Å². The Balaban J connectivity index is 2.01. The molecule has 1 amide bonds. The molecular weight excluding hydrogens is 264 g/mol. The van der Waals surface area contributed by atoms with E-state index >= 15 is 0 Å². The quantitative estimate of drug-likeness (QED) is 0.745. The molecule has 1 aromatic rings. The second kappa shape index (κ2) is 5.75. The molecule has 4 N–H and O–H groups in total. The maximum Gasteiger partial charge on any atom is 0.265 e. The number of aliphatic hydroxyl groups excluding tert-OH is 1. The summed E-state index contributed by atoms with van der Waals surface area (Å²) in [7, 11) is 1.94. The number of thiazole rings is 1. The summed E-state index contributed by atoms with van der Waals surface area (Å²) in [5, 5.41) is 12.8. The second-order valence-electron chi connectivity index (χ2n) is 4.93. The zero-order valence-corrected chi connectivity index (χ0v) is 12.0. The van der Waals surface area contributed by atoms with Gasteiger partial charge in [0.2, 0.25) is 0 Å². The summed E-state index contributed by atoms with van der Waals surface area (Å²) in [5.41, 5.74) is 5.80. The normalized spacial score (nSPS) is 21.8. The van der Waals surface area contributed by atoms with Crippen molar-refractivity contribution in [2.75, 3.05) is 24.2 Å². The predicted octanol–water partition coefficient (Wildman–Crippen LogP) is 0.825. The first kappa shape index (κ1) is 14.1. The maximum absolute atomic E-state index is 12.0. The number of nitrogens with one attached hydrogen (secondary N) is 1. The van der Waals surface area contributed by atoms with Crippen molar-refractivity contribution in [3.63, 3.8) is 0 Å². The topological polar surface area (TPSA) is 91.5 Å². The summed E-state index contributed by atoms with van der Waals surface area (Å²) in [6.07, 6.45) is 1.97. The molecule has 6 nitrogen and oxygen atoms in total. The van der Waals surface area contributed by atoms with Crippen LogP contribution in [0.3, 0.4) is 0 Å². The second-order valence-corrected chi connectivity index (χ2v) is 5.91. The third-order valence-electron chi connectivity index (χ3n) is 3.18. The molecule has 19 heavy (non-hydrogen) atoms. The average Bonchev–Trinajstić information content (AvgIpc) is 2.70. The van der Waals surface area contributed by atoms with Crippen LogP contribution in [-0.4, -0.2) is 41.7 Å². The summed E-state index contributed by atoms with van der Waals surface area (Å²) in [6.45, 7) is 2.96. The summed E-state index contributed by atoms with van der Waals surface area (Å²) in [6, 6.07) is 0.0563. The van der Waals surface area contributed by atoms with Gasteiger partial charge in [0.05, 0.1) is 6.10 Å². The molecule has 2 rings (SSSR count). The SMILES string of the molecule is CCCN(C)c1nc(N)c(C(=O)NC2CC(O)C2)s1. The molecule has 0 unspecified atom stereocenters. The van der Waals surface area contributed by atoms with E-state index in [2.05, 4.69) is 17.2 Å². The first-order chi connectivity index (χ1) is 9.01. The van der Waals surface area contributed by atoms with E-state index < -0.39 is 0 Å². The van der Waals surface area contributed by atoms with Gasteiger partial charge in [0.1, 0.15) is 10.7 Å². The molecule has 106 valence electrons. The number of hydrogen-bond donors (Lipinski definition) is 3. The molecule has 0 aromatic carbocycles. The van der Waals surface area contributed by atoms with Gasteiger partial charge in [-0.05, 0) is 19.3 Å². The number of aliphatic hydroxyl groups is 1. The van der Waals surface area contributed by atoms with Gasteiger partial charge in [-0.15, -0.1) is 0 Å². The van der Waals surface area contributed by atoms with Crippen molar-refractivity contribution < 1.29 is 9.90 Å². The Morgan fingerprint density at radius 3 is 2.89 bits per heavy atom. The minimum atomic E-state index is -0.282. The minimum absolute atomic E-state index is 0.0563. The fraction of sp³-hybridized carbons (Fsp3) is 0.667. The Labute approximate surface area is 116 Å². The Bertz CT molecular complexity index is 457. The summed E-state index contributed by atoms with van der Waals surface area (Å²) < 4.78 is 0. The highest BCUT2D eigenvalue weighted by molar-refractivity contribution is 7.18. The van der Waals surface area contributed by atoms with Crippen LogP contribution in [0.15, 0.2) is 0 Å². The van der Waals surface area contributed by atoms with Gasteiger partial charge in [-0.2, -0.15) is 0 Å². The molecule has 0 saturated heterocycles. The summed E-state index contributed by atoms with van der Waals surface area (Å²) in [5.74, 6) is 0.0865. The number of hydrogen-bond acceptors (Lipinski definition) is 6. The Morgan fingerprint density at radius 2 is 2.32 bits per heavy atom. The van der Waals surface area contributed by atoms with E-state index in [0.29, 0.717) is 17.7 Å². The van der Waals surface area contributed by atoms with Crippen molar-refractivity contribution in [1.82, 2.24) is 10.3 Å². The molecule has 1 heterocycles. The number of carbonyl (C=O) groups excluding carboxylic acids is 1. The van der Waals surface area contributed by atoms with Crippen LogP contribution in [0, 0.1) is 0 Å². The molecule has 7 heteroatoms. The molecule has 1 fully saturated rings. The number of nitrogens with two attached hydrogens (primary N) is 1. The molecule has 1 aliphatic rings. The Kier molecular flexibility index (Phi) is 4.26. The zero-order chi connectivity index (χ0) is 14.0. The fourth-order valence-electron chi connectivity index (χ4n) is 2.03. The number of nitrogens with zero attached hydrogens (tertiary/aromatic N) is 2. The first-order valence-electron chi connectivity index (χ1n) is 6.47. The molecule has 0 atom stereocenters. The van der Waals surface area contributed by atoms with Crippen LogP contribution in [0.25, 0.3) is 0 Å². The third kappa shape index (κ3) is 3.16. The molecule has 1 aliphatic carbocycles. The maximum atomic E-state index is 12.0. The molecule has 0 bridgehead atoms. The number of amides is 1. The van der Waals surface area contributed by atoms with Crippen molar-refractivity contribution in [3.05, 3.63) is 4.88 Å². The highest BCUT2D eigenvalue weighted by Crippen LogP contribution is 2.28. The van der Waals surface area contributed by atoms with E-state index in [-0.39, 0.29) is 23.9 Å². The highest BCUT2D eigenvalue weighted by atomic mass is 32.1. The number of anilines is 2. The minimum Gasteiger partial charge on any atom is -0.393 e. The van der Waals surface area contributed by atoms with Crippen LogP contribution in [0.2, 0.25) is 0 Å².